The maximum atomic E-state index is 13.8. The van der Waals surface area contributed by atoms with Gasteiger partial charge in [0.25, 0.3) is 5.56 Å². The number of nitrogens with one attached hydrogen (secondary N) is 2. The molecule has 0 amide bonds. The van der Waals surface area contributed by atoms with E-state index in [1.54, 1.807) is 37.0 Å². The molecule has 0 saturated carbocycles. The van der Waals surface area contributed by atoms with Crippen LogP contribution in [0.5, 0.6) is 5.75 Å². The van der Waals surface area contributed by atoms with Gasteiger partial charge in [-0.15, -0.1) is 0 Å². The fourth-order valence-electron chi connectivity index (χ4n) is 3.25. The summed E-state index contributed by atoms with van der Waals surface area (Å²) in [6.07, 6.45) is -4.73. The van der Waals surface area contributed by atoms with Crippen molar-refractivity contribution in [1.82, 2.24) is 14.6 Å². The van der Waals surface area contributed by atoms with Crippen LogP contribution in [0.1, 0.15) is 27.0 Å². The van der Waals surface area contributed by atoms with Crippen molar-refractivity contribution in [3.63, 3.8) is 0 Å². The average Bonchev–Trinajstić information content (AvgIpc) is 3.03. The summed E-state index contributed by atoms with van der Waals surface area (Å²) in [5.41, 5.74) is -2.38. The number of H-pyrrole nitrogens is 1. The highest BCUT2D eigenvalue weighted by Gasteiger charge is 2.56. The molecule has 0 bridgehead atoms. The first-order valence-corrected chi connectivity index (χ1v) is 13.2. The van der Waals surface area contributed by atoms with Crippen molar-refractivity contribution in [1.29, 1.82) is 0 Å². The molecule has 204 valence electrons. The number of ether oxygens (including phenoxy) is 2. The summed E-state index contributed by atoms with van der Waals surface area (Å²) in [5.74, 6) is -1.92. The van der Waals surface area contributed by atoms with Crippen LogP contribution in [0.4, 0.5) is 4.39 Å². The highest BCUT2D eigenvalue weighted by atomic mass is 35.5. The van der Waals surface area contributed by atoms with Crippen LogP contribution >= 0.6 is 30.9 Å². The number of carbonyl (C=O) groups excluding carboxylic acids is 1. The Kier molecular flexibility index (Phi) is 9.23. The van der Waals surface area contributed by atoms with E-state index in [9.17, 15) is 28.4 Å². The number of benzene rings is 1. The molecular formula is C21H25Cl2FN3O9P. The van der Waals surface area contributed by atoms with Gasteiger partial charge in [0.15, 0.2) is 10.6 Å². The van der Waals surface area contributed by atoms with Crippen molar-refractivity contribution >= 4 is 36.9 Å². The highest BCUT2D eigenvalue weighted by molar-refractivity contribution is 7.52. The number of hydrogen-bond donors (Lipinski definition) is 3. The highest BCUT2D eigenvalue weighted by Crippen LogP contribution is 2.49. The first kappa shape index (κ1) is 29.3. The van der Waals surface area contributed by atoms with Crippen molar-refractivity contribution in [3.05, 3.63) is 63.2 Å². The number of aliphatic hydroxyl groups excluding tert-OH is 1. The van der Waals surface area contributed by atoms with E-state index in [0.29, 0.717) is 10.8 Å². The second-order valence-electron chi connectivity index (χ2n) is 8.32. The van der Waals surface area contributed by atoms with E-state index >= 15 is 0 Å². The van der Waals surface area contributed by atoms with E-state index in [4.69, 9.17) is 41.7 Å². The zero-order valence-electron chi connectivity index (χ0n) is 19.8. The summed E-state index contributed by atoms with van der Waals surface area (Å²) in [4.78, 5) is 37.5. The molecular weight excluding hydrogens is 559 g/mol. The van der Waals surface area contributed by atoms with Gasteiger partial charge in [0.2, 0.25) is 5.82 Å². The molecule has 3 rings (SSSR count). The molecule has 37 heavy (non-hydrogen) atoms. The number of para-hydroxylation sites is 1. The SMILES string of the molecule is CC(C)OC(=O)[C@@H](C)N[P@](=O)(OC[C@H]1OC(n2cc(F)c(=O)[nH]c2=O)C(Cl)(Cl)[C@@H]1O)Oc1ccccc1. The van der Waals surface area contributed by atoms with Crippen LogP contribution < -0.4 is 20.9 Å². The summed E-state index contributed by atoms with van der Waals surface area (Å²) in [5, 5.41) is 13.1. The number of carbonyl (C=O) groups is 1. The number of alkyl halides is 2. The van der Waals surface area contributed by atoms with E-state index < -0.39 is 72.3 Å². The molecule has 1 unspecified atom stereocenters. The van der Waals surface area contributed by atoms with Crippen LogP contribution in [0.2, 0.25) is 0 Å². The molecule has 0 aliphatic carbocycles. The Hall–Kier alpha value is -2.25. The molecule has 3 N–H and O–H groups in total. The molecule has 1 saturated heterocycles. The second-order valence-corrected chi connectivity index (χ2v) is 11.5. The molecule has 1 fully saturated rings. The molecule has 2 heterocycles. The minimum atomic E-state index is -4.34. The maximum absolute atomic E-state index is 13.8. The lowest BCUT2D eigenvalue weighted by atomic mass is 10.2. The van der Waals surface area contributed by atoms with Crippen LogP contribution in [0.3, 0.4) is 0 Å². The molecule has 0 radical (unpaired) electrons. The van der Waals surface area contributed by atoms with E-state index in [1.165, 1.54) is 19.1 Å². The number of nitrogens with zero attached hydrogens (tertiary/aromatic N) is 1. The number of halogens is 3. The van der Waals surface area contributed by atoms with Gasteiger partial charge in [0.05, 0.1) is 18.9 Å². The van der Waals surface area contributed by atoms with E-state index in [1.807, 2.05) is 0 Å². The monoisotopic (exact) mass is 583 g/mol. The number of aromatic nitrogens is 2. The van der Waals surface area contributed by atoms with Gasteiger partial charge >= 0.3 is 19.4 Å². The van der Waals surface area contributed by atoms with Crippen LogP contribution in [0, 0.1) is 5.82 Å². The number of rotatable bonds is 10. The van der Waals surface area contributed by atoms with Gasteiger partial charge in [0.1, 0.15) is 24.0 Å². The van der Waals surface area contributed by atoms with Crippen molar-refractivity contribution < 1.29 is 37.4 Å². The van der Waals surface area contributed by atoms with E-state index in [-0.39, 0.29) is 5.75 Å². The van der Waals surface area contributed by atoms with Crippen LogP contribution in [0.25, 0.3) is 0 Å². The average molecular weight is 584 g/mol. The minimum Gasteiger partial charge on any atom is -0.462 e. The summed E-state index contributed by atoms with van der Waals surface area (Å²) in [6, 6.07) is 6.76. The fraction of sp³-hybridized carbons (Fsp3) is 0.476. The lowest BCUT2D eigenvalue weighted by Crippen LogP contribution is -2.42. The molecule has 1 aromatic carbocycles. The Bertz CT molecular complexity index is 1270. The predicted octanol–water partition coefficient (Wildman–Crippen LogP) is 2.24. The van der Waals surface area contributed by atoms with Crippen molar-refractivity contribution in [3.8, 4) is 5.75 Å². The lowest BCUT2D eigenvalue weighted by molar-refractivity contribution is -0.149. The molecule has 2 aromatic rings. The van der Waals surface area contributed by atoms with Crippen molar-refractivity contribution in [2.75, 3.05) is 6.61 Å². The standard InChI is InChI=1S/C21H25Cl2FN3O9P/c1-11(2)34-18(30)12(3)26-37(32,36-13-7-5-4-6-8-13)33-10-15-16(28)21(22,23)19(35-15)27-9-14(24)17(29)25-20(27)31/h4-9,11-12,15-16,19,28H,10H2,1-3H3,(H,26,32)(H,25,29,31)/t12-,15-,16-,19?,37+/m1/s1. The Morgan fingerprint density at radius 1 is 1.30 bits per heavy atom. The van der Waals surface area contributed by atoms with E-state index in [2.05, 4.69) is 5.09 Å². The third-order valence-electron chi connectivity index (χ3n) is 4.99. The summed E-state index contributed by atoms with van der Waals surface area (Å²) < 4.78 is 47.3. The van der Waals surface area contributed by atoms with Gasteiger partial charge in [0, 0.05) is 0 Å². The fourth-order valence-corrected chi connectivity index (χ4v) is 5.34. The smallest absolute Gasteiger partial charge is 0.459 e. The number of hydrogen-bond acceptors (Lipinski definition) is 9. The van der Waals surface area contributed by atoms with Crippen molar-refractivity contribution in [2.45, 2.75) is 55.7 Å². The third-order valence-corrected chi connectivity index (χ3v) is 7.46. The van der Waals surface area contributed by atoms with Crippen LogP contribution in [-0.4, -0.2) is 55.9 Å². The van der Waals surface area contributed by atoms with Gasteiger partial charge in [-0.1, -0.05) is 41.4 Å². The topological polar surface area (TPSA) is 158 Å². The molecule has 5 atom stereocenters. The number of aliphatic hydroxyl groups is 1. The lowest BCUT2D eigenvalue weighted by Gasteiger charge is -2.25. The van der Waals surface area contributed by atoms with Gasteiger partial charge in [-0.3, -0.25) is 23.7 Å². The van der Waals surface area contributed by atoms with Gasteiger partial charge in [-0.25, -0.2) is 9.36 Å². The minimum absolute atomic E-state index is 0.132. The van der Waals surface area contributed by atoms with Crippen molar-refractivity contribution in [2.24, 2.45) is 0 Å². The molecule has 0 spiro atoms. The number of esters is 1. The third kappa shape index (κ3) is 6.99. The molecule has 1 aliphatic rings. The zero-order chi connectivity index (χ0) is 27.5. The maximum Gasteiger partial charge on any atom is 0.459 e. The largest absolute Gasteiger partial charge is 0.462 e. The predicted molar refractivity (Wildman–Crippen MR) is 130 cm³/mol. The normalized spacial score (nSPS) is 23.4. The first-order chi connectivity index (χ1) is 17.2. The summed E-state index contributed by atoms with van der Waals surface area (Å²) in [7, 11) is -4.34. The zero-order valence-corrected chi connectivity index (χ0v) is 22.2. The quantitative estimate of drug-likeness (QED) is 0.215. The van der Waals surface area contributed by atoms with Crippen LogP contribution in [0.15, 0.2) is 46.1 Å². The summed E-state index contributed by atoms with van der Waals surface area (Å²) >= 11 is 12.4. The Balaban J connectivity index is 1.82. The molecule has 12 nitrogen and oxygen atoms in total. The number of aromatic amines is 1. The van der Waals surface area contributed by atoms with Gasteiger partial charge in [-0.2, -0.15) is 9.48 Å². The summed E-state index contributed by atoms with van der Waals surface area (Å²) in [6.45, 7) is 4.00. The van der Waals surface area contributed by atoms with Gasteiger partial charge < -0.3 is 19.1 Å². The Morgan fingerprint density at radius 3 is 2.57 bits per heavy atom. The van der Waals surface area contributed by atoms with Gasteiger partial charge in [-0.05, 0) is 32.9 Å². The Labute approximate surface area is 220 Å². The molecule has 1 aromatic heterocycles. The first-order valence-electron chi connectivity index (χ1n) is 10.9. The van der Waals surface area contributed by atoms with Crippen LogP contribution in [-0.2, 0) is 23.4 Å². The molecule has 1 aliphatic heterocycles. The molecule has 16 heteroatoms. The Morgan fingerprint density at radius 2 is 1.95 bits per heavy atom. The van der Waals surface area contributed by atoms with E-state index in [0.717, 1.165) is 0 Å². The second kappa shape index (κ2) is 11.6.